The zero-order valence-electron chi connectivity index (χ0n) is 14.9. The van der Waals surface area contributed by atoms with Crippen molar-refractivity contribution in [1.29, 1.82) is 0 Å². The molecule has 0 fully saturated rings. The topological polar surface area (TPSA) is 70.2 Å². The molecular formula is C20H25N3O2. The third-order valence-corrected chi connectivity index (χ3v) is 3.91. The summed E-state index contributed by atoms with van der Waals surface area (Å²) in [5.41, 5.74) is 2.83. The van der Waals surface area contributed by atoms with Crippen molar-refractivity contribution < 1.29 is 9.59 Å². The zero-order chi connectivity index (χ0) is 18.2. The molecule has 25 heavy (non-hydrogen) atoms. The SMILES string of the molecule is CC(=O)Nc1cccc(C(C)NC(C)C(=O)NCc2ccccc2)c1. The molecule has 0 saturated carbocycles. The van der Waals surface area contributed by atoms with Gasteiger partial charge in [-0.15, -0.1) is 0 Å². The van der Waals surface area contributed by atoms with E-state index < -0.39 is 0 Å². The van der Waals surface area contributed by atoms with Gasteiger partial charge in [-0.1, -0.05) is 42.5 Å². The first-order valence-electron chi connectivity index (χ1n) is 8.41. The third kappa shape index (κ3) is 6.04. The Morgan fingerprint density at radius 2 is 1.72 bits per heavy atom. The van der Waals surface area contributed by atoms with Crippen molar-refractivity contribution in [3.05, 3.63) is 65.7 Å². The highest BCUT2D eigenvalue weighted by Crippen LogP contribution is 2.18. The van der Waals surface area contributed by atoms with Crippen LogP contribution in [0.1, 0.15) is 37.9 Å². The first-order chi connectivity index (χ1) is 12.0. The average molecular weight is 339 g/mol. The highest BCUT2D eigenvalue weighted by Gasteiger charge is 2.16. The summed E-state index contributed by atoms with van der Waals surface area (Å²) in [6.07, 6.45) is 0. The van der Waals surface area contributed by atoms with Crippen molar-refractivity contribution in [2.24, 2.45) is 0 Å². The number of rotatable bonds is 7. The molecule has 2 rings (SSSR count). The fourth-order valence-corrected chi connectivity index (χ4v) is 2.57. The van der Waals surface area contributed by atoms with Crippen LogP contribution in [0, 0.1) is 0 Å². The lowest BCUT2D eigenvalue weighted by molar-refractivity contribution is -0.123. The van der Waals surface area contributed by atoms with E-state index in [0.717, 1.165) is 16.8 Å². The Labute approximate surface area is 148 Å². The Bertz CT molecular complexity index is 716. The molecule has 0 aliphatic rings. The highest BCUT2D eigenvalue weighted by molar-refractivity contribution is 5.88. The minimum atomic E-state index is -0.330. The molecule has 2 unspecified atom stereocenters. The minimum absolute atomic E-state index is 0.0221. The predicted octanol–water partition coefficient (Wildman–Crippen LogP) is 3.00. The van der Waals surface area contributed by atoms with Crippen LogP contribution in [-0.2, 0) is 16.1 Å². The first kappa shape index (κ1) is 18.7. The second-order valence-corrected chi connectivity index (χ2v) is 6.12. The van der Waals surface area contributed by atoms with E-state index in [-0.39, 0.29) is 23.9 Å². The van der Waals surface area contributed by atoms with E-state index in [0.29, 0.717) is 6.54 Å². The van der Waals surface area contributed by atoms with E-state index in [1.165, 1.54) is 6.92 Å². The molecule has 0 aliphatic heterocycles. The molecule has 0 aromatic heterocycles. The average Bonchev–Trinajstić information content (AvgIpc) is 2.60. The Hall–Kier alpha value is -2.66. The second-order valence-electron chi connectivity index (χ2n) is 6.12. The number of carbonyl (C=O) groups excluding carboxylic acids is 2. The Morgan fingerprint density at radius 1 is 1.00 bits per heavy atom. The van der Waals surface area contributed by atoms with Crippen molar-refractivity contribution >= 4 is 17.5 Å². The van der Waals surface area contributed by atoms with Gasteiger partial charge < -0.3 is 10.6 Å². The number of hydrogen-bond acceptors (Lipinski definition) is 3. The first-order valence-corrected chi connectivity index (χ1v) is 8.41. The molecule has 2 atom stereocenters. The lowest BCUT2D eigenvalue weighted by Gasteiger charge is -2.20. The van der Waals surface area contributed by atoms with Crippen molar-refractivity contribution in [3.8, 4) is 0 Å². The molecule has 5 nitrogen and oxygen atoms in total. The summed E-state index contributed by atoms with van der Waals surface area (Å²) in [4.78, 5) is 23.4. The summed E-state index contributed by atoms with van der Waals surface area (Å²) in [6, 6.07) is 17.1. The van der Waals surface area contributed by atoms with Gasteiger partial charge in [0.05, 0.1) is 6.04 Å². The molecule has 0 heterocycles. The minimum Gasteiger partial charge on any atom is -0.351 e. The lowest BCUT2D eigenvalue weighted by Crippen LogP contribution is -2.42. The van der Waals surface area contributed by atoms with Crippen LogP contribution < -0.4 is 16.0 Å². The van der Waals surface area contributed by atoms with Gasteiger partial charge >= 0.3 is 0 Å². The van der Waals surface area contributed by atoms with Crippen molar-refractivity contribution in [2.75, 3.05) is 5.32 Å². The Morgan fingerprint density at radius 3 is 2.40 bits per heavy atom. The van der Waals surface area contributed by atoms with E-state index >= 15 is 0 Å². The Kier molecular flexibility index (Phi) is 6.71. The molecule has 3 N–H and O–H groups in total. The van der Waals surface area contributed by atoms with E-state index in [9.17, 15) is 9.59 Å². The fraction of sp³-hybridized carbons (Fsp3) is 0.300. The van der Waals surface area contributed by atoms with Gasteiger partial charge in [0.2, 0.25) is 11.8 Å². The van der Waals surface area contributed by atoms with Crippen LogP contribution in [0.4, 0.5) is 5.69 Å². The standard InChI is InChI=1S/C20H25N3O2/c1-14(18-10-7-11-19(12-18)23-16(3)24)22-15(2)20(25)21-13-17-8-5-4-6-9-17/h4-12,14-15,22H,13H2,1-3H3,(H,21,25)(H,23,24). The second kappa shape index (κ2) is 8.99. The van der Waals surface area contributed by atoms with E-state index in [2.05, 4.69) is 16.0 Å². The molecule has 2 aromatic carbocycles. The molecule has 5 heteroatoms. The lowest BCUT2D eigenvalue weighted by atomic mass is 10.1. The highest BCUT2D eigenvalue weighted by atomic mass is 16.2. The van der Waals surface area contributed by atoms with E-state index in [4.69, 9.17) is 0 Å². The summed E-state index contributed by atoms with van der Waals surface area (Å²) >= 11 is 0. The third-order valence-electron chi connectivity index (χ3n) is 3.91. The maximum atomic E-state index is 12.3. The predicted molar refractivity (Wildman–Crippen MR) is 100 cm³/mol. The number of nitrogens with one attached hydrogen (secondary N) is 3. The molecule has 2 aromatic rings. The summed E-state index contributed by atoms with van der Waals surface area (Å²) in [5, 5.41) is 8.99. The molecular weight excluding hydrogens is 314 g/mol. The van der Waals surface area contributed by atoms with Crippen molar-refractivity contribution in [2.45, 2.75) is 39.4 Å². The molecule has 0 bridgehead atoms. The van der Waals surface area contributed by atoms with Gasteiger partial charge in [0, 0.05) is 25.2 Å². The summed E-state index contributed by atoms with van der Waals surface area (Å²) in [6.45, 7) is 5.83. The molecule has 0 aliphatic carbocycles. The van der Waals surface area contributed by atoms with Gasteiger partial charge in [-0.25, -0.2) is 0 Å². The van der Waals surface area contributed by atoms with E-state index in [1.807, 2.05) is 68.4 Å². The van der Waals surface area contributed by atoms with Gasteiger partial charge in [-0.2, -0.15) is 0 Å². The van der Waals surface area contributed by atoms with Crippen molar-refractivity contribution in [1.82, 2.24) is 10.6 Å². The molecule has 132 valence electrons. The van der Waals surface area contributed by atoms with Crippen LogP contribution in [-0.4, -0.2) is 17.9 Å². The summed E-state index contributed by atoms with van der Waals surface area (Å²) in [5.74, 6) is -0.153. The normalized spacial score (nSPS) is 12.9. The fourth-order valence-electron chi connectivity index (χ4n) is 2.57. The van der Waals surface area contributed by atoms with E-state index in [1.54, 1.807) is 0 Å². The largest absolute Gasteiger partial charge is 0.351 e. The Balaban J connectivity index is 1.89. The van der Waals surface area contributed by atoms with Crippen LogP contribution >= 0.6 is 0 Å². The van der Waals surface area contributed by atoms with Gasteiger partial charge in [0.1, 0.15) is 0 Å². The van der Waals surface area contributed by atoms with Crippen LogP contribution in [0.15, 0.2) is 54.6 Å². The smallest absolute Gasteiger partial charge is 0.237 e. The maximum Gasteiger partial charge on any atom is 0.237 e. The zero-order valence-corrected chi connectivity index (χ0v) is 14.9. The summed E-state index contributed by atoms with van der Waals surface area (Å²) < 4.78 is 0. The van der Waals surface area contributed by atoms with Crippen LogP contribution in [0.25, 0.3) is 0 Å². The molecule has 0 saturated heterocycles. The number of hydrogen-bond donors (Lipinski definition) is 3. The van der Waals surface area contributed by atoms with Gasteiger partial charge in [-0.05, 0) is 37.1 Å². The number of amides is 2. The van der Waals surface area contributed by atoms with Crippen LogP contribution in [0.5, 0.6) is 0 Å². The molecule has 0 spiro atoms. The van der Waals surface area contributed by atoms with Crippen LogP contribution in [0.3, 0.4) is 0 Å². The van der Waals surface area contributed by atoms with Gasteiger partial charge in [0.15, 0.2) is 0 Å². The monoisotopic (exact) mass is 339 g/mol. The molecule has 2 amide bonds. The molecule has 0 radical (unpaired) electrons. The maximum absolute atomic E-state index is 12.3. The summed E-state index contributed by atoms with van der Waals surface area (Å²) in [7, 11) is 0. The quantitative estimate of drug-likeness (QED) is 0.726. The van der Waals surface area contributed by atoms with Crippen LogP contribution in [0.2, 0.25) is 0 Å². The number of benzene rings is 2. The number of carbonyl (C=O) groups is 2. The van der Waals surface area contributed by atoms with Gasteiger partial charge in [0.25, 0.3) is 0 Å². The van der Waals surface area contributed by atoms with Gasteiger partial charge in [-0.3, -0.25) is 14.9 Å². The van der Waals surface area contributed by atoms with Crippen molar-refractivity contribution in [3.63, 3.8) is 0 Å². The number of anilines is 1.